The Labute approximate surface area is 186 Å². The Bertz CT molecular complexity index is 944. The van der Waals surface area contributed by atoms with Gasteiger partial charge >= 0.3 is 12.4 Å². The van der Waals surface area contributed by atoms with Crippen LogP contribution in [0.5, 0.6) is 11.5 Å². The summed E-state index contributed by atoms with van der Waals surface area (Å²) in [4.78, 5) is 27.9. The summed E-state index contributed by atoms with van der Waals surface area (Å²) in [7, 11) is 0. The second kappa shape index (κ2) is 7.93. The molecule has 0 radical (unpaired) electrons. The van der Waals surface area contributed by atoms with Crippen LogP contribution in [0, 0.1) is 11.2 Å². The Balaban J connectivity index is 1.08. The number of halogens is 4. The number of rotatable bonds is 3. The number of hydrogen-bond acceptors (Lipinski definition) is 5. The van der Waals surface area contributed by atoms with Crippen LogP contribution in [-0.4, -0.2) is 79.1 Å². The molecule has 1 N–H and O–H groups in total. The van der Waals surface area contributed by atoms with Crippen LogP contribution in [0.2, 0.25) is 0 Å². The van der Waals surface area contributed by atoms with E-state index in [4.69, 9.17) is 9.47 Å². The molecule has 1 saturated carbocycles. The van der Waals surface area contributed by atoms with Crippen LogP contribution in [0.3, 0.4) is 0 Å². The molecule has 3 saturated heterocycles. The van der Waals surface area contributed by atoms with Gasteiger partial charge in [-0.15, -0.1) is 13.2 Å². The van der Waals surface area contributed by atoms with Crippen LogP contribution in [0.4, 0.5) is 22.4 Å². The van der Waals surface area contributed by atoms with Crippen LogP contribution in [0.15, 0.2) is 18.2 Å². The SMILES string of the molecule is O=C1CO[C@H]2CCN(C(=O)N3CC4(CC(Oc5ccc(OC(F)(F)F)cc5F)C4)C3)C[C@H]2N1. The summed E-state index contributed by atoms with van der Waals surface area (Å²) in [5.74, 6) is -1.87. The standard InChI is InChI=1S/C21H23F4N3O5/c22-14-5-12(33-21(23,24)25)1-2-16(14)32-13-6-20(7-13)10-28(11-20)19(30)27-4-3-17-15(8-27)26-18(29)9-31-17/h1-2,5,13,15,17H,3-4,6-11H2,(H,26,29)/t15-,17+/m1/s1. The Morgan fingerprint density at radius 1 is 1.21 bits per heavy atom. The molecular weight excluding hydrogens is 450 g/mol. The molecule has 0 aromatic heterocycles. The highest BCUT2D eigenvalue weighted by molar-refractivity contribution is 5.79. The first-order valence-corrected chi connectivity index (χ1v) is 10.8. The van der Waals surface area contributed by atoms with E-state index >= 15 is 0 Å². The molecule has 8 nitrogen and oxygen atoms in total. The number of urea groups is 1. The first kappa shape index (κ1) is 22.1. The molecule has 2 atom stereocenters. The van der Waals surface area contributed by atoms with Crippen molar-refractivity contribution in [2.45, 2.75) is 43.9 Å². The lowest BCUT2D eigenvalue weighted by Gasteiger charge is -2.59. The molecule has 3 amide bonds. The molecule has 1 aliphatic carbocycles. The normalized spacial score (nSPS) is 26.7. The maximum absolute atomic E-state index is 14.1. The van der Waals surface area contributed by atoms with Crippen LogP contribution in [-0.2, 0) is 9.53 Å². The summed E-state index contributed by atoms with van der Waals surface area (Å²) in [5.41, 5.74) is -0.0728. The van der Waals surface area contributed by atoms with Gasteiger partial charge in [0.25, 0.3) is 0 Å². The Morgan fingerprint density at radius 3 is 2.67 bits per heavy atom. The van der Waals surface area contributed by atoms with E-state index < -0.39 is 17.9 Å². The highest BCUT2D eigenvalue weighted by Crippen LogP contribution is 2.50. The van der Waals surface area contributed by atoms with Crippen molar-refractivity contribution in [1.29, 1.82) is 0 Å². The summed E-state index contributed by atoms with van der Waals surface area (Å²) >= 11 is 0. The molecule has 1 aromatic carbocycles. The predicted molar refractivity (Wildman–Crippen MR) is 104 cm³/mol. The van der Waals surface area contributed by atoms with Crippen LogP contribution < -0.4 is 14.8 Å². The topological polar surface area (TPSA) is 80.3 Å². The smallest absolute Gasteiger partial charge is 0.487 e. The molecule has 1 spiro atoms. The monoisotopic (exact) mass is 473 g/mol. The molecule has 33 heavy (non-hydrogen) atoms. The van der Waals surface area contributed by atoms with Crippen molar-refractivity contribution in [3.63, 3.8) is 0 Å². The van der Waals surface area contributed by atoms with Crippen molar-refractivity contribution in [2.24, 2.45) is 5.41 Å². The summed E-state index contributed by atoms with van der Waals surface area (Å²) in [6, 6.07) is 2.50. The molecule has 180 valence electrons. The highest BCUT2D eigenvalue weighted by Gasteiger charge is 2.55. The van der Waals surface area contributed by atoms with Crippen molar-refractivity contribution < 1.29 is 41.4 Å². The van der Waals surface area contributed by atoms with Gasteiger partial charge in [0.05, 0.1) is 12.1 Å². The number of carbonyl (C=O) groups is 2. The van der Waals surface area contributed by atoms with Crippen LogP contribution in [0.1, 0.15) is 19.3 Å². The summed E-state index contributed by atoms with van der Waals surface area (Å²) in [6.07, 6.45) is -3.29. The first-order valence-electron chi connectivity index (χ1n) is 10.8. The van der Waals surface area contributed by atoms with Crippen LogP contribution >= 0.6 is 0 Å². The molecule has 3 aliphatic heterocycles. The van der Waals surface area contributed by atoms with Gasteiger partial charge in [0.2, 0.25) is 5.91 Å². The summed E-state index contributed by atoms with van der Waals surface area (Å²) in [5, 5.41) is 2.88. The molecule has 0 bridgehead atoms. The minimum atomic E-state index is -4.89. The average Bonchev–Trinajstić information content (AvgIpc) is 2.68. The Morgan fingerprint density at radius 2 is 1.97 bits per heavy atom. The van der Waals surface area contributed by atoms with Crippen molar-refractivity contribution in [2.75, 3.05) is 32.8 Å². The fourth-order valence-corrected chi connectivity index (χ4v) is 5.17. The van der Waals surface area contributed by atoms with Gasteiger partial charge in [0.1, 0.15) is 18.5 Å². The number of piperidine rings is 1. The maximum atomic E-state index is 14.1. The third-order valence-corrected chi connectivity index (χ3v) is 6.67. The van der Waals surface area contributed by atoms with Crippen LogP contribution in [0.25, 0.3) is 0 Å². The zero-order chi connectivity index (χ0) is 23.4. The molecule has 12 heteroatoms. The van der Waals surface area contributed by atoms with Gasteiger partial charge in [-0.25, -0.2) is 9.18 Å². The van der Waals surface area contributed by atoms with Gasteiger partial charge in [-0.3, -0.25) is 4.79 Å². The number of morpholine rings is 1. The molecule has 0 unspecified atom stereocenters. The fourth-order valence-electron chi connectivity index (χ4n) is 5.17. The van der Waals surface area contributed by atoms with Crippen molar-refractivity contribution in [1.82, 2.24) is 15.1 Å². The number of likely N-dealkylation sites (tertiary alicyclic amines) is 2. The lowest BCUT2D eigenvalue weighted by Crippen LogP contribution is -2.69. The number of amides is 3. The fraction of sp³-hybridized carbons (Fsp3) is 0.619. The van der Waals surface area contributed by atoms with Gasteiger partial charge in [-0.2, -0.15) is 0 Å². The zero-order valence-corrected chi connectivity index (χ0v) is 17.6. The zero-order valence-electron chi connectivity index (χ0n) is 17.6. The molecule has 4 aliphatic rings. The average molecular weight is 473 g/mol. The molecular formula is C21H23F4N3O5. The van der Waals surface area contributed by atoms with E-state index in [2.05, 4.69) is 10.1 Å². The lowest BCUT2D eigenvalue weighted by molar-refractivity contribution is -0.274. The van der Waals surface area contributed by atoms with E-state index in [9.17, 15) is 27.2 Å². The summed E-state index contributed by atoms with van der Waals surface area (Å²) < 4.78 is 65.6. The largest absolute Gasteiger partial charge is 0.573 e. The molecule has 1 aromatic rings. The van der Waals surface area contributed by atoms with Crippen molar-refractivity contribution in [3.8, 4) is 11.5 Å². The van der Waals surface area contributed by atoms with Crippen molar-refractivity contribution >= 4 is 11.9 Å². The highest BCUT2D eigenvalue weighted by atomic mass is 19.4. The number of alkyl halides is 3. The van der Waals surface area contributed by atoms with E-state index in [-0.39, 0.29) is 48.0 Å². The number of carbonyl (C=O) groups excluding carboxylic acids is 2. The number of fused-ring (bicyclic) bond motifs is 1. The molecule has 3 heterocycles. The van der Waals surface area contributed by atoms with Gasteiger partial charge in [-0.05, 0) is 31.4 Å². The second-order valence-corrected chi connectivity index (χ2v) is 9.18. The maximum Gasteiger partial charge on any atom is 0.573 e. The Hall–Kier alpha value is -2.76. The third-order valence-electron chi connectivity index (χ3n) is 6.67. The number of ether oxygens (including phenoxy) is 3. The van der Waals surface area contributed by atoms with Gasteiger partial charge < -0.3 is 29.3 Å². The van der Waals surface area contributed by atoms with E-state index in [1.807, 2.05) is 0 Å². The number of nitrogens with zero attached hydrogens (tertiary/aromatic N) is 2. The van der Waals surface area contributed by atoms with E-state index in [0.717, 1.165) is 12.1 Å². The Kier molecular flexibility index (Phi) is 5.30. The lowest BCUT2D eigenvalue weighted by atomic mass is 9.62. The van der Waals surface area contributed by atoms with E-state index in [0.29, 0.717) is 51.5 Å². The van der Waals surface area contributed by atoms with E-state index in [1.54, 1.807) is 9.80 Å². The second-order valence-electron chi connectivity index (χ2n) is 9.18. The summed E-state index contributed by atoms with van der Waals surface area (Å²) in [6.45, 7) is 2.18. The number of benzene rings is 1. The third kappa shape index (κ3) is 4.53. The van der Waals surface area contributed by atoms with Gasteiger partial charge in [0, 0.05) is 37.7 Å². The quantitative estimate of drug-likeness (QED) is 0.682. The number of nitrogens with one attached hydrogen (secondary N) is 1. The minimum absolute atomic E-state index is 0.0579. The molecule has 4 fully saturated rings. The van der Waals surface area contributed by atoms with Crippen molar-refractivity contribution in [3.05, 3.63) is 24.0 Å². The number of hydrogen-bond donors (Lipinski definition) is 1. The first-order chi connectivity index (χ1) is 15.6. The molecule has 5 rings (SSSR count). The van der Waals surface area contributed by atoms with Gasteiger partial charge in [-0.1, -0.05) is 0 Å². The van der Waals surface area contributed by atoms with E-state index in [1.165, 1.54) is 0 Å². The predicted octanol–water partition coefficient (Wildman–Crippen LogP) is 2.28. The minimum Gasteiger partial charge on any atom is -0.487 e. The van der Waals surface area contributed by atoms with Gasteiger partial charge in [0.15, 0.2) is 11.6 Å².